The second kappa shape index (κ2) is 5.78. The van der Waals surface area contributed by atoms with E-state index in [0.29, 0.717) is 17.9 Å². The van der Waals surface area contributed by atoms with Crippen LogP contribution in [0.4, 0.5) is 0 Å². The molecule has 1 saturated heterocycles. The fourth-order valence-electron chi connectivity index (χ4n) is 5.26. The normalized spacial score (nSPS) is 24.9. The van der Waals surface area contributed by atoms with Crippen LogP contribution >= 0.6 is 0 Å². The molecule has 0 unspecified atom stereocenters. The van der Waals surface area contributed by atoms with Gasteiger partial charge in [0.05, 0.1) is 6.54 Å². The molecule has 0 bridgehead atoms. The van der Waals surface area contributed by atoms with Crippen LogP contribution in [0.15, 0.2) is 42.5 Å². The summed E-state index contributed by atoms with van der Waals surface area (Å²) in [6.07, 6.45) is 0.494. The van der Waals surface area contributed by atoms with Crippen LogP contribution in [0.2, 0.25) is 0 Å². The van der Waals surface area contributed by atoms with Gasteiger partial charge in [-0.1, -0.05) is 24.3 Å². The van der Waals surface area contributed by atoms with Gasteiger partial charge >= 0.3 is 0 Å². The number of carbonyl (C=O) groups excluding carboxylic acids is 2. The number of amides is 2. The molecule has 2 atom stereocenters. The molecule has 0 saturated carbocycles. The lowest BCUT2D eigenvalue weighted by atomic mass is 9.77. The molecule has 3 aliphatic heterocycles. The Morgan fingerprint density at radius 1 is 1.10 bits per heavy atom. The summed E-state index contributed by atoms with van der Waals surface area (Å²) in [7, 11) is 1.69. The predicted octanol–water partition coefficient (Wildman–Crippen LogP) is 2.39. The van der Waals surface area contributed by atoms with Crippen LogP contribution in [0.5, 0.6) is 11.5 Å². The molecule has 3 aromatic rings. The van der Waals surface area contributed by atoms with E-state index in [-0.39, 0.29) is 25.2 Å². The summed E-state index contributed by atoms with van der Waals surface area (Å²) in [5, 5.41) is 1.09. The lowest BCUT2D eigenvalue weighted by molar-refractivity contribution is -0.161. The summed E-state index contributed by atoms with van der Waals surface area (Å²) in [5.74, 6) is 1.25. The van der Waals surface area contributed by atoms with Crippen LogP contribution in [0, 0.1) is 0 Å². The van der Waals surface area contributed by atoms with E-state index < -0.39 is 11.6 Å². The highest BCUT2D eigenvalue weighted by molar-refractivity contribution is 5.98. The minimum Gasteiger partial charge on any atom is -0.454 e. The number of nitrogens with zero attached hydrogens (tertiary/aromatic N) is 2. The number of ether oxygens (including phenoxy) is 2. The molecular formula is C23H21N3O4. The fraction of sp³-hybridized carbons (Fsp3) is 0.304. The number of aromatic amines is 1. The number of piperazine rings is 1. The second-order valence-electron chi connectivity index (χ2n) is 8.34. The van der Waals surface area contributed by atoms with Gasteiger partial charge in [0, 0.05) is 30.1 Å². The van der Waals surface area contributed by atoms with E-state index in [1.807, 2.05) is 43.3 Å². The van der Waals surface area contributed by atoms with Crippen molar-refractivity contribution in [1.29, 1.82) is 0 Å². The van der Waals surface area contributed by atoms with Crippen LogP contribution in [0.1, 0.15) is 23.7 Å². The summed E-state index contributed by atoms with van der Waals surface area (Å²) in [5.41, 5.74) is 3.08. The molecule has 7 heteroatoms. The number of fused-ring (bicyclic) bond motifs is 5. The molecule has 152 valence electrons. The van der Waals surface area contributed by atoms with Gasteiger partial charge in [-0.15, -0.1) is 0 Å². The standard InChI is InChI=1S/C23H21N3O4/c1-23(13-7-8-18-19(9-13)30-12-29-18)21-15(14-5-3-4-6-16(14)24-21)10-17-22(28)25(2)11-20(27)26(17)23/h3-9,17,24H,10-12H2,1-2H3/t17-,23+/m1/s1. The average Bonchev–Trinajstić information content (AvgIpc) is 3.36. The summed E-state index contributed by atoms with van der Waals surface area (Å²) in [4.78, 5) is 33.3. The maximum atomic E-state index is 13.3. The Morgan fingerprint density at radius 3 is 2.77 bits per heavy atom. The number of likely N-dealkylation sites (N-methyl/N-ethyl adjacent to an activating group) is 1. The largest absolute Gasteiger partial charge is 0.454 e. The molecule has 3 aliphatic rings. The Bertz CT molecular complexity index is 1230. The molecule has 30 heavy (non-hydrogen) atoms. The first kappa shape index (κ1) is 17.4. The van der Waals surface area contributed by atoms with Gasteiger partial charge in [-0.05, 0) is 36.2 Å². The van der Waals surface area contributed by atoms with E-state index >= 15 is 0 Å². The molecule has 2 amide bonds. The van der Waals surface area contributed by atoms with Gasteiger partial charge in [-0.25, -0.2) is 0 Å². The number of rotatable bonds is 1. The zero-order valence-electron chi connectivity index (χ0n) is 16.8. The number of nitrogens with one attached hydrogen (secondary N) is 1. The third-order valence-electron chi connectivity index (χ3n) is 6.73. The van der Waals surface area contributed by atoms with Gasteiger partial charge in [0.25, 0.3) is 0 Å². The number of hydrogen-bond acceptors (Lipinski definition) is 4. The van der Waals surface area contributed by atoms with Gasteiger partial charge in [-0.2, -0.15) is 0 Å². The van der Waals surface area contributed by atoms with Gasteiger partial charge in [0.15, 0.2) is 11.5 Å². The minimum absolute atomic E-state index is 0.0301. The van der Waals surface area contributed by atoms with Crippen LogP contribution in [0.3, 0.4) is 0 Å². The van der Waals surface area contributed by atoms with Crippen molar-refractivity contribution in [2.45, 2.75) is 24.9 Å². The van der Waals surface area contributed by atoms with Crippen molar-refractivity contribution >= 4 is 22.7 Å². The highest BCUT2D eigenvalue weighted by atomic mass is 16.7. The lowest BCUT2D eigenvalue weighted by Gasteiger charge is -2.52. The van der Waals surface area contributed by atoms with E-state index in [2.05, 4.69) is 11.1 Å². The van der Waals surface area contributed by atoms with E-state index in [0.717, 1.165) is 27.7 Å². The van der Waals surface area contributed by atoms with Crippen molar-refractivity contribution in [3.63, 3.8) is 0 Å². The van der Waals surface area contributed by atoms with Gasteiger partial charge in [0.1, 0.15) is 11.6 Å². The SMILES string of the molecule is CN1CC(=O)N2[C@H](Cc3c([nH]c4ccccc34)[C@]2(C)c2ccc3c(c2)OCO3)C1=O. The van der Waals surface area contributed by atoms with E-state index in [1.54, 1.807) is 11.9 Å². The van der Waals surface area contributed by atoms with Crippen molar-refractivity contribution in [2.75, 3.05) is 20.4 Å². The summed E-state index contributed by atoms with van der Waals surface area (Å²) >= 11 is 0. The number of carbonyl (C=O) groups is 2. The topological polar surface area (TPSA) is 74.9 Å². The van der Waals surface area contributed by atoms with Crippen molar-refractivity contribution in [2.24, 2.45) is 0 Å². The van der Waals surface area contributed by atoms with E-state index in [4.69, 9.17) is 9.47 Å². The number of aromatic nitrogens is 1. The first-order valence-corrected chi connectivity index (χ1v) is 10.1. The fourth-order valence-corrected chi connectivity index (χ4v) is 5.26. The quantitative estimate of drug-likeness (QED) is 0.677. The molecule has 2 aromatic carbocycles. The first-order valence-electron chi connectivity index (χ1n) is 10.1. The van der Waals surface area contributed by atoms with E-state index in [9.17, 15) is 9.59 Å². The molecule has 7 nitrogen and oxygen atoms in total. The smallest absolute Gasteiger partial charge is 0.245 e. The Labute approximate surface area is 173 Å². The van der Waals surface area contributed by atoms with Crippen LogP contribution in [-0.2, 0) is 21.5 Å². The Balaban J connectivity index is 1.65. The van der Waals surface area contributed by atoms with Gasteiger partial charge in [-0.3, -0.25) is 9.59 Å². The van der Waals surface area contributed by atoms with Crippen LogP contribution < -0.4 is 9.47 Å². The molecule has 1 aromatic heterocycles. The molecule has 4 heterocycles. The minimum atomic E-state index is -0.841. The summed E-state index contributed by atoms with van der Waals surface area (Å²) in [6.45, 7) is 2.27. The zero-order valence-corrected chi connectivity index (χ0v) is 16.8. The number of benzene rings is 2. The number of hydrogen-bond donors (Lipinski definition) is 1. The third kappa shape index (κ3) is 2.09. The zero-order chi connectivity index (χ0) is 20.6. The van der Waals surface area contributed by atoms with Gasteiger partial charge < -0.3 is 24.3 Å². The van der Waals surface area contributed by atoms with Crippen molar-refractivity contribution in [1.82, 2.24) is 14.8 Å². The third-order valence-corrected chi connectivity index (χ3v) is 6.73. The predicted molar refractivity (Wildman–Crippen MR) is 109 cm³/mol. The van der Waals surface area contributed by atoms with Crippen molar-refractivity contribution in [3.8, 4) is 11.5 Å². The number of H-pyrrole nitrogens is 1. The summed E-state index contributed by atoms with van der Waals surface area (Å²) in [6, 6.07) is 13.3. The monoisotopic (exact) mass is 403 g/mol. The van der Waals surface area contributed by atoms with Gasteiger partial charge in [0.2, 0.25) is 18.6 Å². The van der Waals surface area contributed by atoms with E-state index in [1.165, 1.54) is 4.90 Å². The molecular weight excluding hydrogens is 382 g/mol. The second-order valence-corrected chi connectivity index (χ2v) is 8.34. The molecule has 1 fully saturated rings. The Hall–Kier alpha value is -3.48. The first-order chi connectivity index (χ1) is 14.5. The maximum Gasteiger partial charge on any atom is 0.245 e. The molecule has 0 spiro atoms. The molecule has 1 N–H and O–H groups in total. The van der Waals surface area contributed by atoms with Crippen LogP contribution in [-0.4, -0.2) is 53.0 Å². The molecule has 0 radical (unpaired) electrons. The molecule has 6 rings (SSSR count). The lowest BCUT2D eigenvalue weighted by Crippen LogP contribution is -2.67. The maximum absolute atomic E-state index is 13.3. The highest BCUT2D eigenvalue weighted by Crippen LogP contribution is 2.48. The van der Waals surface area contributed by atoms with Crippen molar-refractivity contribution in [3.05, 3.63) is 59.3 Å². The van der Waals surface area contributed by atoms with Crippen molar-refractivity contribution < 1.29 is 19.1 Å². The summed E-state index contributed by atoms with van der Waals surface area (Å²) < 4.78 is 11.1. The molecule has 0 aliphatic carbocycles. The Kier molecular flexibility index (Phi) is 3.35. The van der Waals surface area contributed by atoms with Crippen LogP contribution in [0.25, 0.3) is 10.9 Å². The average molecular weight is 403 g/mol. The number of para-hydroxylation sites is 1. The Morgan fingerprint density at radius 2 is 1.90 bits per heavy atom. The highest BCUT2D eigenvalue weighted by Gasteiger charge is 2.54.